The Morgan fingerprint density at radius 3 is 0.642 bits per heavy atom. The van der Waals surface area contributed by atoms with Crippen LogP contribution in [0.4, 0.5) is 126 Å². The number of nitrogens with two attached hydrogens (primary N) is 2. The van der Waals surface area contributed by atoms with Gasteiger partial charge in [-0.3, -0.25) is 0 Å². The van der Waals surface area contributed by atoms with E-state index in [1.54, 1.807) is 0 Å². The molecule has 4 aromatic carbocycles. The number of anilines is 2. The summed E-state index contributed by atoms with van der Waals surface area (Å²) in [6.45, 7) is 0. The number of rotatable bonds is 16. The lowest BCUT2D eigenvalue weighted by atomic mass is 9.65. The molecule has 0 bridgehead atoms. The van der Waals surface area contributed by atoms with Crippen LogP contribution in [0.2, 0.25) is 0 Å². The molecule has 0 radical (unpaired) electrons. The molecule has 0 aliphatic rings. The van der Waals surface area contributed by atoms with Crippen LogP contribution in [0.5, 0.6) is 0 Å². The van der Waals surface area contributed by atoms with Gasteiger partial charge in [-0.15, -0.1) is 0 Å². The van der Waals surface area contributed by atoms with Crippen LogP contribution in [0.15, 0.2) is 97.1 Å². The fraction of sp³-hybridized carbons (Fsp3) is 0.385. The summed E-state index contributed by atoms with van der Waals surface area (Å²) in [5, 5.41) is 0. The molecule has 28 heteroatoms. The van der Waals surface area contributed by atoms with E-state index in [0.29, 0.717) is 24.3 Å². The van der Waals surface area contributed by atoms with E-state index in [4.69, 9.17) is 11.5 Å². The third kappa shape index (κ3) is 7.89. The first-order valence-corrected chi connectivity index (χ1v) is 17.7. The van der Waals surface area contributed by atoms with E-state index in [1.165, 1.54) is 48.5 Å². The number of nitrogen functional groups attached to an aromatic ring is 2. The lowest BCUT2D eigenvalue weighted by Crippen LogP contribution is -2.79. The van der Waals surface area contributed by atoms with Crippen molar-refractivity contribution in [2.75, 3.05) is 11.5 Å². The second-order valence-corrected chi connectivity index (χ2v) is 14.7. The topological polar surface area (TPSA) is 52.0 Å². The number of hydrogen-bond acceptors (Lipinski definition) is 2. The molecule has 4 N–H and O–H groups in total. The van der Waals surface area contributed by atoms with Gasteiger partial charge in [-0.25, -0.2) is 0 Å². The van der Waals surface area contributed by atoms with E-state index in [-0.39, 0.29) is 70.7 Å². The van der Waals surface area contributed by atoms with Gasteiger partial charge in [0.05, 0.1) is 0 Å². The van der Waals surface area contributed by atoms with E-state index in [2.05, 4.69) is 0 Å². The van der Waals surface area contributed by atoms with Gasteiger partial charge in [-0.1, -0.05) is 72.8 Å². The standard InChI is InChI=1S/C39H24F26N2/c40-28(41,29(42,43)30(44,45)31(46,47)32(48,49)33(50,51)34(52,53)35(54,55)36(56,57)37(58,59)39(63,64)65)27(38(60,61)62,23-9-1-19(2-10-23)17-21-5-13-25(66)14-6-21)24-11-3-20(4-12-24)18-22-7-15-26(67)16-8-22/h1-16H,17-18,66-67H2. The van der Waals surface area contributed by atoms with Gasteiger partial charge in [0.15, 0.2) is 5.41 Å². The van der Waals surface area contributed by atoms with Crippen LogP contribution in [0.3, 0.4) is 0 Å². The van der Waals surface area contributed by atoms with Gasteiger partial charge in [0.2, 0.25) is 0 Å². The monoisotopic (exact) mass is 1010 g/mol. The second kappa shape index (κ2) is 16.4. The summed E-state index contributed by atoms with van der Waals surface area (Å²) in [6.07, 6.45) is -16.3. The molecule has 0 unspecified atom stereocenters. The molecule has 0 saturated heterocycles. The number of hydrogen-bond donors (Lipinski definition) is 2. The average molecular weight is 1010 g/mol. The summed E-state index contributed by atoms with van der Waals surface area (Å²) in [6, 6.07) is 11.2. The summed E-state index contributed by atoms with van der Waals surface area (Å²) in [5.74, 6) is -92.8. The predicted molar refractivity (Wildman–Crippen MR) is 183 cm³/mol. The van der Waals surface area contributed by atoms with Crippen LogP contribution in [0.25, 0.3) is 0 Å². The van der Waals surface area contributed by atoms with Crippen molar-refractivity contribution < 1.29 is 114 Å². The van der Waals surface area contributed by atoms with Gasteiger partial charge in [0.25, 0.3) is 0 Å². The molecular weight excluding hydrogens is 990 g/mol. The molecule has 0 atom stereocenters. The van der Waals surface area contributed by atoms with Crippen molar-refractivity contribution in [1.82, 2.24) is 0 Å². The third-order valence-electron chi connectivity index (χ3n) is 10.4. The van der Waals surface area contributed by atoms with E-state index in [1.807, 2.05) is 0 Å². The van der Waals surface area contributed by atoms with Crippen molar-refractivity contribution in [3.05, 3.63) is 130 Å². The highest BCUT2D eigenvalue weighted by molar-refractivity contribution is 5.49. The maximum Gasteiger partial charge on any atom is 0.460 e. The largest absolute Gasteiger partial charge is 0.460 e. The zero-order chi connectivity index (χ0) is 51.8. The average Bonchev–Trinajstić information content (AvgIpc) is 3.19. The SMILES string of the molecule is Nc1ccc(Cc2ccc(C(c3ccc(Cc4ccc(N)cc4)cc3)(C(F)(F)F)C(F)(F)C(F)(F)C(F)(F)C(F)(F)C(F)(F)C(F)(F)C(F)(F)C(F)(F)C(F)(F)C(F)(F)C(F)(F)F)cc2)cc1. The van der Waals surface area contributed by atoms with Gasteiger partial charge in [-0.05, 0) is 70.5 Å². The highest BCUT2D eigenvalue weighted by atomic mass is 19.4. The number of alkyl halides is 26. The highest BCUT2D eigenvalue weighted by Crippen LogP contribution is 2.70. The summed E-state index contributed by atoms with van der Waals surface area (Å²) in [5.41, 5.74) is 0.293. The predicted octanol–water partition coefficient (Wildman–Crippen LogP) is 13.8. The van der Waals surface area contributed by atoms with Gasteiger partial charge in [0, 0.05) is 11.4 Å². The van der Waals surface area contributed by atoms with Crippen LogP contribution in [0, 0.1) is 0 Å². The Morgan fingerprint density at radius 1 is 0.239 bits per heavy atom. The molecule has 0 spiro atoms. The zero-order valence-electron chi connectivity index (χ0n) is 32.1. The first kappa shape index (κ1) is 54.3. The normalized spacial score (nSPS) is 15.0. The zero-order valence-corrected chi connectivity index (χ0v) is 32.1. The van der Waals surface area contributed by atoms with E-state index < -0.39 is 88.1 Å². The Labute approximate surface area is 357 Å². The minimum absolute atomic E-state index is 0.152. The molecule has 2 nitrogen and oxygen atoms in total. The summed E-state index contributed by atoms with van der Waals surface area (Å²) < 4.78 is 378. The van der Waals surface area contributed by atoms with E-state index >= 15 is 48.3 Å². The molecule has 0 heterocycles. The molecule has 0 amide bonds. The Balaban J connectivity index is 1.99. The van der Waals surface area contributed by atoms with Crippen LogP contribution in [-0.2, 0) is 18.3 Å². The Bertz CT molecular complexity index is 2260. The molecule has 67 heavy (non-hydrogen) atoms. The Morgan fingerprint density at radius 2 is 0.433 bits per heavy atom. The second-order valence-electron chi connectivity index (χ2n) is 14.7. The minimum Gasteiger partial charge on any atom is -0.399 e. The van der Waals surface area contributed by atoms with Crippen molar-refractivity contribution in [1.29, 1.82) is 0 Å². The Hall–Kier alpha value is -5.34. The van der Waals surface area contributed by atoms with Gasteiger partial charge in [-0.2, -0.15) is 114 Å². The van der Waals surface area contributed by atoms with Crippen molar-refractivity contribution >= 4 is 11.4 Å². The number of halogens is 26. The first-order valence-electron chi connectivity index (χ1n) is 17.7. The van der Waals surface area contributed by atoms with Gasteiger partial charge >= 0.3 is 71.6 Å². The third-order valence-corrected chi connectivity index (χ3v) is 10.4. The van der Waals surface area contributed by atoms with Crippen LogP contribution in [-0.4, -0.2) is 71.6 Å². The molecule has 0 aliphatic heterocycles. The van der Waals surface area contributed by atoms with E-state index in [9.17, 15) is 65.9 Å². The van der Waals surface area contributed by atoms with E-state index in [0.717, 1.165) is 0 Å². The lowest BCUT2D eigenvalue weighted by Gasteiger charge is -2.49. The fourth-order valence-electron chi connectivity index (χ4n) is 6.51. The molecule has 0 saturated carbocycles. The van der Waals surface area contributed by atoms with Crippen molar-refractivity contribution in [2.24, 2.45) is 0 Å². The fourth-order valence-corrected chi connectivity index (χ4v) is 6.51. The summed E-state index contributed by atoms with van der Waals surface area (Å²) >= 11 is 0. The maximum atomic E-state index is 16.6. The summed E-state index contributed by atoms with van der Waals surface area (Å²) in [4.78, 5) is 0. The quantitative estimate of drug-likeness (QED) is 0.0868. The molecule has 0 aliphatic carbocycles. The molecular formula is C39H24F26N2. The molecule has 372 valence electrons. The van der Waals surface area contributed by atoms with Crippen LogP contribution in [0.1, 0.15) is 33.4 Å². The molecule has 4 rings (SSSR count). The van der Waals surface area contributed by atoms with Crippen molar-refractivity contribution in [3.63, 3.8) is 0 Å². The first-order chi connectivity index (χ1) is 29.9. The molecule has 0 fully saturated rings. The molecule has 4 aromatic rings. The smallest absolute Gasteiger partial charge is 0.399 e. The Kier molecular flexibility index (Phi) is 13.3. The van der Waals surface area contributed by atoms with Crippen LogP contribution < -0.4 is 11.5 Å². The number of benzene rings is 4. The van der Waals surface area contributed by atoms with Crippen molar-refractivity contribution in [2.45, 2.75) is 89.8 Å². The van der Waals surface area contributed by atoms with Gasteiger partial charge in [0.1, 0.15) is 0 Å². The lowest BCUT2D eigenvalue weighted by molar-refractivity contribution is -0.480. The minimum atomic E-state index is -9.73. The maximum absolute atomic E-state index is 16.6. The molecule has 0 aromatic heterocycles. The van der Waals surface area contributed by atoms with Gasteiger partial charge < -0.3 is 11.5 Å². The summed E-state index contributed by atoms with van der Waals surface area (Å²) in [7, 11) is 0. The van der Waals surface area contributed by atoms with Crippen molar-refractivity contribution in [3.8, 4) is 0 Å². The highest BCUT2D eigenvalue weighted by Gasteiger charge is 3.00. The van der Waals surface area contributed by atoms with Crippen LogP contribution >= 0.6 is 0 Å².